The van der Waals surface area contributed by atoms with Crippen LogP contribution in [-0.2, 0) is 0 Å². The van der Waals surface area contributed by atoms with Crippen LogP contribution in [0.1, 0.15) is 32.4 Å². The highest BCUT2D eigenvalue weighted by molar-refractivity contribution is 7.10. The van der Waals surface area contributed by atoms with Gasteiger partial charge in [-0.25, -0.2) is 19.6 Å². The van der Waals surface area contributed by atoms with Crippen molar-refractivity contribution in [3.05, 3.63) is 32.1 Å². The Kier molecular flexibility index (Phi) is 4.37. The van der Waals surface area contributed by atoms with Gasteiger partial charge in [0.1, 0.15) is 0 Å². The van der Waals surface area contributed by atoms with Gasteiger partial charge >= 0.3 is 11.9 Å². The fourth-order valence-electron chi connectivity index (χ4n) is 0.878. The SMILES string of the molecule is Cc1nc(C(=O)O)cs1.[2H]c1sc(C)nc1C(=O)O. The molecule has 2 aromatic rings. The van der Waals surface area contributed by atoms with E-state index in [9.17, 15) is 9.59 Å². The predicted molar refractivity (Wildman–Crippen MR) is 67.6 cm³/mol. The first kappa shape index (κ1) is 12.7. The van der Waals surface area contributed by atoms with E-state index in [0.29, 0.717) is 5.01 Å². The van der Waals surface area contributed by atoms with Crippen molar-refractivity contribution in [1.29, 1.82) is 0 Å². The van der Waals surface area contributed by atoms with E-state index in [1.807, 2.05) is 0 Å². The smallest absolute Gasteiger partial charge is 0.355 e. The number of nitrogens with zero attached hydrogens (tertiary/aromatic N) is 2. The van der Waals surface area contributed by atoms with Crippen LogP contribution in [0.3, 0.4) is 0 Å². The second-order valence-corrected chi connectivity index (χ2v) is 5.11. The van der Waals surface area contributed by atoms with Gasteiger partial charge in [0, 0.05) is 10.7 Å². The molecule has 2 heterocycles. The fourth-order valence-corrected chi connectivity index (χ4v) is 1.98. The normalized spacial score (nSPS) is 10.2. The van der Waals surface area contributed by atoms with Crippen molar-refractivity contribution < 1.29 is 21.2 Å². The first-order chi connectivity index (χ1) is 8.81. The molecule has 96 valence electrons. The van der Waals surface area contributed by atoms with Crippen molar-refractivity contribution in [2.45, 2.75) is 13.8 Å². The number of carbonyl (C=O) groups is 2. The van der Waals surface area contributed by atoms with Crippen LogP contribution in [0, 0.1) is 13.8 Å². The Bertz CT molecular complexity index is 608. The largest absolute Gasteiger partial charge is 0.476 e. The third kappa shape index (κ3) is 4.22. The molecule has 0 amide bonds. The molecular formula is C10H10N2O4S2. The summed E-state index contributed by atoms with van der Waals surface area (Å²) in [4.78, 5) is 27.8. The lowest BCUT2D eigenvalue weighted by atomic mass is 10.5. The Balaban J connectivity index is 0.000000191. The number of carboxylic acid groups (broad SMARTS) is 2. The maximum absolute atomic E-state index is 10.3. The van der Waals surface area contributed by atoms with Gasteiger partial charge in [-0.05, 0) is 13.8 Å². The third-order valence-corrected chi connectivity index (χ3v) is 3.06. The van der Waals surface area contributed by atoms with Crippen LogP contribution in [0.15, 0.2) is 10.7 Å². The topological polar surface area (TPSA) is 100 Å². The first-order valence-corrected chi connectivity index (χ1v) is 6.33. The molecule has 0 saturated carbocycles. The van der Waals surface area contributed by atoms with Crippen LogP contribution >= 0.6 is 22.7 Å². The van der Waals surface area contributed by atoms with Crippen LogP contribution < -0.4 is 0 Å². The minimum absolute atomic E-state index is 0.0185. The number of aromatic carboxylic acids is 2. The zero-order valence-electron chi connectivity index (χ0n) is 10.5. The summed E-state index contributed by atoms with van der Waals surface area (Å²) in [6.07, 6.45) is 0. The standard InChI is InChI=1S/2C5H5NO2S/c2*1-3-6-4(2-9-3)5(7)8/h2*2H,1H3,(H,7,8)/i2D;. The van der Waals surface area contributed by atoms with Crippen LogP contribution in [-0.4, -0.2) is 32.1 Å². The summed E-state index contributed by atoms with van der Waals surface area (Å²) in [7, 11) is 0. The summed E-state index contributed by atoms with van der Waals surface area (Å²) in [5.74, 6) is -2.09. The number of aromatic nitrogens is 2. The molecule has 18 heavy (non-hydrogen) atoms. The highest BCUT2D eigenvalue weighted by Gasteiger charge is 2.05. The van der Waals surface area contributed by atoms with E-state index >= 15 is 0 Å². The van der Waals surface area contributed by atoms with E-state index in [1.54, 1.807) is 13.8 Å². The average Bonchev–Trinajstić information content (AvgIpc) is 2.85. The second-order valence-electron chi connectivity index (χ2n) is 3.05. The minimum Gasteiger partial charge on any atom is -0.476 e. The van der Waals surface area contributed by atoms with E-state index in [1.165, 1.54) is 16.7 Å². The molecule has 0 spiro atoms. The molecule has 0 aliphatic rings. The molecule has 8 heteroatoms. The molecule has 0 aliphatic heterocycles. The van der Waals surface area contributed by atoms with E-state index < -0.39 is 11.9 Å². The Morgan fingerprint density at radius 1 is 1.11 bits per heavy atom. The van der Waals surface area contributed by atoms with Gasteiger partial charge in [0.15, 0.2) is 11.4 Å². The molecule has 0 unspecified atom stereocenters. The van der Waals surface area contributed by atoms with Crippen molar-refractivity contribution in [2.24, 2.45) is 0 Å². The molecule has 0 atom stereocenters. The lowest BCUT2D eigenvalue weighted by molar-refractivity contribution is 0.0680. The van der Waals surface area contributed by atoms with E-state index in [-0.39, 0.29) is 16.7 Å². The zero-order valence-corrected chi connectivity index (χ0v) is 11.1. The molecule has 2 rings (SSSR count). The maximum atomic E-state index is 10.3. The van der Waals surface area contributed by atoms with Crippen LogP contribution in [0.5, 0.6) is 0 Å². The van der Waals surface area contributed by atoms with Gasteiger partial charge in [-0.3, -0.25) is 0 Å². The van der Waals surface area contributed by atoms with Gasteiger partial charge in [0.2, 0.25) is 0 Å². The van der Waals surface area contributed by atoms with E-state index in [0.717, 1.165) is 16.3 Å². The summed E-state index contributed by atoms with van der Waals surface area (Å²) < 4.78 is 7.10. The van der Waals surface area contributed by atoms with Crippen molar-refractivity contribution >= 4 is 34.6 Å². The van der Waals surface area contributed by atoms with Gasteiger partial charge in [-0.2, -0.15) is 0 Å². The molecule has 0 aromatic carbocycles. The quantitative estimate of drug-likeness (QED) is 0.879. The van der Waals surface area contributed by atoms with Crippen LogP contribution in [0.2, 0.25) is 0 Å². The highest BCUT2D eigenvalue weighted by atomic mass is 32.1. The molecule has 0 aliphatic carbocycles. The van der Waals surface area contributed by atoms with E-state index in [2.05, 4.69) is 9.97 Å². The Hall–Kier alpha value is -1.80. The van der Waals surface area contributed by atoms with E-state index in [4.69, 9.17) is 11.6 Å². The first-order valence-electron chi connectivity index (χ1n) is 5.14. The van der Waals surface area contributed by atoms with Crippen molar-refractivity contribution in [3.8, 4) is 0 Å². The summed E-state index contributed by atoms with van der Waals surface area (Å²) in [5, 5.41) is 19.7. The van der Waals surface area contributed by atoms with Gasteiger partial charge in [-0.15, -0.1) is 22.7 Å². The van der Waals surface area contributed by atoms with Crippen molar-refractivity contribution in [1.82, 2.24) is 9.97 Å². The van der Waals surface area contributed by atoms with Crippen LogP contribution in [0.25, 0.3) is 0 Å². The number of thiazole rings is 2. The number of aryl methyl sites for hydroxylation is 2. The zero-order chi connectivity index (χ0) is 14.6. The van der Waals surface area contributed by atoms with Gasteiger partial charge in [-0.1, -0.05) is 0 Å². The van der Waals surface area contributed by atoms with Crippen molar-refractivity contribution in [3.63, 3.8) is 0 Å². The Morgan fingerprint density at radius 2 is 1.61 bits per heavy atom. The van der Waals surface area contributed by atoms with Gasteiger partial charge in [0.25, 0.3) is 0 Å². The third-order valence-electron chi connectivity index (χ3n) is 1.61. The number of hydrogen-bond donors (Lipinski definition) is 2. The molecule has 6 nitrogen and oxygen atoms in total. The summed E-state index contributed by atoms with van der Waals surface area (Å²) in [6.45, 7) is 3.45. The predicted octanol–water partition coefficient (Wildman–Crippen LogP) is 2.30. The molecule has 0 radical (unpaired) electrons. The molecular weight excluding hydrogens is 276 g/mol. The number of carboxylic acids is 2. The highest BCUT2D eigenvalue weighted by Crippen LogP contribution is 2.07. The average molecular weight is 287 g/mol. The minimum atomic E-state index is -1.13. The summed E-state index contributed by atoms with van der Waals surface area (Å²) in [6, 6.07) is 0. The monoisotopic (exact) mass is 287 g/mol. The second kappa shape index (κ2) is 6.22. The Morgan fingerprint density at radius 3 is 1.83 bits per heavy atom. The molecule has 0 fully saturated rings. The molecule has 0 bridgehead atoms. The lowest BCUT2D eigenvalue weighted by Crippen LogP contribution is -1.95. The van der Waals surface area contributed by atoms with Gasteiger partial charge < -0.3 is 10.2 Å². The number of hydrogen-bond acceptors (Lipinski definition) is 6. The summed E-state index contributed by atoms with van der Waals surface area (Å²) >= 11 is 2.41. The Labute approximate surface area is 112 Å². The van der Waals surface area contributed by atoms with Gasteiger partial charge in [0.05, 0.1) is 11.4 Å². The molecule has 2 N–H and O–H groups in total. The maximum Gasteiger partial charge on any atom is 0.355 e. The molecule has 0 saturated heterocycles. The lowest BCUT2D eigenvalue weighted by Gasteiger charge is -1.79. The number of rotatable bonds is 2. The van der Waals surface area contributed by atoms with Crippen molar-refractivity contribution in [2.75, 3.05) is 0 Å². The molecule has 2 aromatic heterocycles. The summed E-state index contributed by atoms with van der Waals surface area (Å²) in [5.41, 5.74) is -0.0139. The fraction of sp³-hybridized carbons (Fsp3) is 0.200. The van der Waals surface area contributed by atoms with Crippen LogP contribution in [0.4, 0.5) is 0 Å².